The summed E-state index contributed by atoms with van der Waals surface area (Å²) in [6, 6.07) is 13.3. The lowest BCUT2D eigenvalue weighted by Crippen LogP contribution is -2.43. The Balaban J connectivity index is 2.06. The number of aromatic nitrogens is 1. The molecule has 0 radical (unpaired) electrons. The number of hydrogen-bond acceptors (Lipinski definition) is 4. The summed E-state index contributed by atoms with van der Waals surface area (Å²) in [6.07, 6.45) is 1.65. The second kappa shape index (κ2) is 8.28. The fraction of sp³-hybridized carbons (Fsp3) is 0.217. The van der Waals surface area contributed by atoms with E-state index < -0.39 is 10.0 Å². The second-order valence-corrected chi connectivity index (χ2v) is 8.98. The molecule has 0 spiro atoms. The monoisotopic (exact) mass is 425 g/mol. The van der Waals surface area contributed by atoms with E-state index in [0.717, 1.165) is 22.4 Å². The van der Waals surface area contributed by atoms with Crippen molar-refractivity contribution in [3.8, 4) is 0 Å². The first-order valence-electron chi connectivity index (χ1n) is 9.44. The van der Waals surface area contributed by atoms with E-state index in [4.69, 9.17) is 4.84 Å². The molecule has 1 heterocycles. The summed E-state index contributed by atoms with van der Waals surface area (Å²) in [5, 5.41) is 0. The highest BCUT2D eigenvalue weighted by Crippen LogP contribution is 2.26. The molecule has 2 aromatic carbocycles. The van der Waals surface area contributed by atoms with Crippen LogP contribution in [0.5, 0.6) is 0 Å². The summed E-state index contributed by atoms with van der Waals surface area (Å²) in [5.74, 6) is -0.272. The molecule has 156 valence electrons. The number of carbonyl (C=O) groups excluding carboxylic acids is 1. The molecule has 0 aliphatic heterocycles. The minimum Gasteiger partial charge on any atom is -0.289 e. The number of ketones is 1. The van der Waals surface area contributed by atoms with E-state index in [1.165, 1.54) is 11.8 Å². The maximum absolute atomic E-state index is 13.3. The fourth-order valence-corrected chi connectivity index (χ4v) is 4.18. The molecule has 0 atom stereocenters. The van der Waals surface area contributed by atoms with Crippen molar-refractivity contribution < 1.29 is 22.8 Å². The van der Waals surface area contributed by atoms with Gasteiger partial charge in [-0.2, -0.15) is 0 Å². The van der Waals surface area contributed by atoms with Crippen molar-refractivity contribution in [2.45, 2.75) is 32.6 Å². The van der Waals surface area contributed by atoms with Gasteiger partial charge in [-0.05, 0) is 56.2 Å². The first-order chi connectivity index (χ1) is 14.1. The number of benzene rings is 2. The van der Waals surface area contributed by atoms with Crippen LogP contribution in [-0.2, 0) is 10.0 Å². The average molecular weight is 426 g/mol. The maximum Gasteiger partial charge on any atom is 0.261 e. The van der Waals surface area contributed by atoms with Gasteiger partial charge in [-0.1, -0.05) is 17.7 Å². The number of carbonyl (C=O) groups is 1. The summed E-state index contributed by atoms with van der Waals surface area (Å²) in [6.45, 7) is 7.47. The molecule has 6 nitrogen and oxygen atoms in total. The van der Waals surface area contributed by atoms with E-state index in [2.05, 4.69) is 4.72 Å². The van der Waals surface area contributed by atoms with Crippen LogP contribution in [0.25, 0.3) is 0 Å². The summed E-state index contributed by atoms with van der Waals surface area (Å²) in [5.41, 5.74) is 4.48. The Hall–Kier alpha value is -3.19. The van der Waals surface area contributed by atoms with Crippen LogP contribution in [-0.4, -0.2) is 21.3 Å². The zero-order chi connectivity index (χ0) is 22.1. The Morgan fingerprint density at radius 2 is 1.57 bits per heavy atom. The Bertz CT molecular complexity index is 1220. The van der Waals surface area contributed by atoms with Crippen LogP contribution < -0.4 is 14.3 Å². The van der Waals surface area contributed by atoms with E-state index in [-0.39, 0.29) is 16.4 Å². The predicted molar refractivity (Wildman–Crippen MR) is 115 cm³/mol. The highest BCUT2D eigenvalue weighted by atomic mass is 32.2. The molecular formula is C23H25N2O4S+. The van der Waals surface area contributed by atoms with Crippen molar-refractivity contribution in [1.82, 2.24) is 0 Å². The zero-order valence-electron chi connectivity index (χ0n) is 17.7. The summed E-state index contributed by atoms with van der Waals surface area (Å²) >= 11 is 0. The van der Waals surface area contributed by atoms with Gasteiger partial charge < -0.3 is 0 Å². The van der Waals surface area contributed by atoms with Crippen molar-refractivity contribution in [3.05, 3.63) is 88.2 Å². The molecule has 0 fully saturated rings. The topological polar surface area (TPSA) is 76.3 Å². The second-order valence-electron chi connectivity index (χ2n) is 7.29. The SMILES string of the molecule is CO[n+]1ccc(C(=O)c2cc(C)c(C)cc2NS(=O)(=O)c2ccc(C)cc2)cc1C. The molecule has 1 aromatic heterocycles. The molecule has 1 N–H and O–H groups in total. The molecule has 0 unspecified atom stereocenters. The number of nitrogens with zero attached hydrogens (tertiary/aromatic N) is 1. The van der Waals surface area contributed by atoms with Crippen LogP contribution in [0, 0.1) is 27.7 Å². The Kier molecular flexibility index (Phi) is 5.94. The third-order valence-electron chi connectivity index (χ3n) is 5.01. The Morgan fingerprint density at radius 3 is 2.17 bits per heavy atom. The van der Waals surface area contributed by atoms with Crippen LogP contribution >= 0.6 is 0 Å². The molecule has 0 bridgehead atoms. The lowest BCUT2D eigenvalue weighted by atomic mass is 9.97. The van der Waals surface area contributed by atoms with Gasteiger partial charge in [0.1, 0.15) is 7.11 Å². The van der Waals surface area contributed by atoms with E-state index in [9.17, 15) is 13.2 Å². The lowest BCUT2D eigenvalue weighted by molar-refractivity contribution is -0.889. The molecule has 0 saturated carbocycles. The normalized spacial score (nSPS) is 11.2. The zero-order valence-corrected chi connectivity index (χ0v) is 18.5. The van der Waals surface area contributed by atoms with E-state index in [0.29, 0.717) is 11.1 Å². The van der Waals surface area contributed by atoms with Gasteiger partial charge in [-0.3, -0.25) is 14.4 Å². The van der Waals surface area contributed by atoms with Crippen molar-refractivity contribution in [1.29, 1.82) is 0 Å². The minimum absolute atomic E-state index is 0.140. The number of sulfonamides is 1. The third-order valence-corrected chi connectivity index (χ3v) is 6.40. The maximum atomic E-state index is 13.3. The van der Waals surface area contributed by atoms with Crippen LogP contribution in [0.4, 0.5) is 5.69 Å². The Labute approximate surface area is 177 Å². The number of anilines is 1. The van der Waals surface area contributed by atoms with Gasteiger partial charge in [0, 0.05) is 34.9 Å². The standard InChI is InChI=1S/C23H24N2O4S/c1-15-6-8-20(9-7-15)30(27,28)24-22-13-17(3)16(2)12-21(22)23(26)19-10-11-25(29-5)18(4)14-19/h6-14H,1-5H3/p+1. The van der Waals surface area contributed by atoms with Crippen molar-refractivity contribution in [2.75, 3.05) is 11.8 Å². The van der Waals surface area contributed by atoms with Gasteiger partial charge in [0.2, 0.25) is 11.9 Å². The minimum atomic E-state index is -3.84. The molecule has 0 amide bonds. The highest BCUT2D eigenvalue weighted by molar-refractivity contribution is 7.92. The molecule has 0 saturated heterocycles. The summed E-state index contributed by atoms with van der Waals surface area (Å²) < 4.78 is 30.0. The fourth-order valence-electron chi connectivity index (χ4n) is 3.11. The molecule has 0 aliphatic carbocycles. The van der Waals surface area contributed by atoms with Gasteiger partial charge in [0.05, 0.1) is 10.6 Å². The van der Waals surface area contributed by atoms with Gasteiger partial charge >= 0.3 is 0 Å². The van der Waals surface area contributed by atoms with Crippen LogP contribution in [0.1, 0.15) is 38.3 Å². The van der Waals surface area contributed by atoms with E-state index in [1.54, 1.807) is 54.7 Å². The van der Waals surface area contributed by atoms with Crippen LogP contribution in [0.3, 0.4) is 0 Å². The molecule has 7 heteroatoms. The van der Waals surface area contributed by atoms with Gasteiger partial charge in [0.25, 0.3) is 10.0 Å². The predicted octanol–water partition coefficient (Wildman–Crippen LogP) is 3.30. The molecule has 30 heavy (non-hydrogen) atoms. The largest absolute Gasteiger partial charge is 0.289 e. The Morgan fingerprint density at radius 1 is 0.933 bits per heavy atom. The first kappa shape index (κ1) is 21.5. The first-order valence-corrected chi connectivity index (χ1v) is 10.9. The van der Waals surface area contributed by atoms with E-state index in [1.807, 2.05) is 27.7 Å². The summed E-state index contributed by atoms with van der Waals surface area (Å²) in [7, 11) is -2.31. The smallest absolute Gasteiger partial charge is 0.261 e. The van der Waals surface area contributed by atoms with Gasteiger partial charge in [-0.15, -0.1) is 0 Å². The molecule has 3 aromatic rings. The number of nitrogens with one attached hydrogen (secondary N) is 1. The molecular weight excluding hydrogens is 400 g/mol. The van der Waals surface area contributed by atoms with Crippen LogP contribution in [0.15, 0.2) is 59.6 Å². The van der Waals surface area contributed by atoms with Crippen molar-refractivity contribution >= 4 is 21.5 Å². The van der Waals surface area contributed by atoms with Gasteiger partial charge in [-0.25, -0.2) is 8.42 Å². The summed E-state index contributed by atoms with van der Waals surface area (Å²) in [4.78, 5) is 18.6. The quantitative estimate of drug-likeness (QED) is 0.486. The number of hydrogen-bond donors (Lipinski definition) is 1. The van der Waals surface area contributed by atoms with Crippen molar-refractivity contribution in [3.63, 3.8) is 0 Å². The third kappa shape index (κ3) is 4.36. The molecule has 3 rings (SSSR count). The van der Waals surface area contributed by atoms with Crippen molar-refractivity contribution in [2.24, 2.45) is 0 Å². The number of aryl methyl sites for hydroxylation is 4. The number of pyridine rings is 1. The molecule has 0 aliphatic rings. The average Bonchev–Trinajstić information content (AvgIpc) is 2.70. The highest BCUT2D eigenvalue weighted by Gasteiger charge is 2.22. The van der Waals surface area contributed by atoms with Crippen LogP contribution in [0.2, 0.25) is 0 Å². The van der Waals surface area contributed by atoms with Gasteiger partial charge in [0.15, 0.2) is 5.78 Å². The van der Waals surface area contributed by atoms with E-state index >= 15 is 0 Å². The lowest BCUT2D eigenvalue weighted by Gasteiger charge is -2.15. The number of rotatable bonds is 6.